The molecule has 0 saturated carbocycles. The summed E-state index contributed by atoms with van der Waals surface area (Å²) in [5.74, 6) is -0.229. The van der Waals surface area contributed by atoms with E-state index in [1.807, 2.05) is 34.1 Å². The van der Waals surface area contributed by atoms with Crippen LogP contribution < -0.4 is 5.32 Å². The highest BCUT2D eigenvalue weighted by Gasteiger charge is 2.27. The Hall–Kier alpha value is -1.28. The maximum atomic E-state index is 12.3. The van der Waals surface area contributed by atoms with Crippen molar-refractivity contribution >= 4 is 13.7 Å². The van der Waals surface area contributed by atoms with Gasteiger partial charge in [-0.1, -0.05) is 140 Å². The first-order valence-corrected chi connectivity index (χ1v) is 20.9. The highest BCUT2D eigenvalue weighted by atomic mass is 31.2. The molecule has 8 nitrogen and oxygen atoms in total. The van der Waals surface area contributed by atoms with E-state index < -0.39 is 20.0 Å². The van der Waals surface area contributed by atoms with Crippen molar-refractivity contribution in [1.29, 1.82) is 0 Å². The van der Waals surface area contributed by atoms with E-state index in [1.165, 1.54) is 96.3 Å². The van der Waals surface area contributed by atoms with E-state index in [1.54, 1.807) is 6.08 Å². The first kappa shape index (κ1) is 46.7. The number of unbranched alkanes of at least 4 members (excludes halogenated alkanes) is 17. The Labute approximate surface area is 296 Å². The van der Waals surface area contributed by atoms with Gasteiger partial charge in [0.15, 0.2) is 0 Å². The first-order chi connectivity index (χ1) is 23.0. The first-order valence-electron chi connectivity index (χ1n) is 19.4. The van der Waals surface area contributed by atoms with Gasteiger partial charge in [-0.3, -0.25) is 13.8 Å². The molecule has 0 heterocycles. The van der Waals surface area contributed by atoms with Gasteiger partial charge in [-0.05, 0) is 44.9 Å². The number of nitrogens with one attached hydrogen (secondary N) is 1. The SMILES string of the molecule is CCCCCCCCCCCCCCCC/C=C/CC/C=C/CC/C=C/C(O)C(COP(=O)(O)OCC[N+](C)(C)C)NC(=O)CCCC. The number of hydrogen-bond donors (Lipinski definition) is 3. The van der Waals surface area contributed by atoms with Crippen LogP contribution in [0.5, 0.6) is 0 Å². The summed E-state index contributed by atoms with van der Waals surface area (Å²) in [6.07, 6.45) is 37.7. The molecule has 3 N–H and O–H groups in total. The van der Waals surface area contributed by atoms with Crippen LogP contribution >= 0.6 is 7.82 Å². The zero-order valence-electron chi connectivity index (χ0n) is 31.7. The fraction of sp³-hybridized carbons (Fsp3) is 0.821. The number of carbonyl (C=O) groups excluding carboxylic acids is 1. The van der Waals surface area contributed by atoms with Crippen LogP contribution in [0, 0.1) is 0 Å². The van der Waals surface area contributed by atoms with Crippen LogP contribution in [0.15, 0.2) is 36.5 Å². The Kier molecular flexibility index (Phi) is 30.8. The lowest BCUT2D eigenvalue weighted by molar-refractivity contribution is -0.870. The number of carbonyl (C=O) groups is 1. The number of hydrogen-bond acceptors (Lipinski definition) is 5. The van der Waals surface area contributed by atoms with Crippen LogP contribution in [0.25, 0.3) is 0 Å². The quantitative estimate of drug-likeness (QED) is 0.0267. The molecule has 0 spiro atoms. The van der Waals surface area contributed by atoms with E-state index in [0.717, 1.165) is 38.5 Å². The molecular weight excluding hydrogens is 623 g/mol. The molecule has 0 saturated heterocycles. The van der Waals surface area contributed by atoms with Gasteiger partial charge < -0.3 is 19.8 Å². The molecule has 0 aliphatic rings. The summed E-state index contributed by atoms with van der Waals surface area (Å²) in [5.41, 5.74) is 0. The Morgan fingerprint density at radius 1 is 0.688 bits per heavy atom. The fourth-order valence-corrected chi connectivity index (χ4v) is 5.90. The van der Waals surface area contributed by atoms with Crippen molar-refractivity contribution in [2.24, 2.45) is 0 Å². The minimum Gasteiger partial charge on any atom is -0.387 e. The average Bonchev–Trinajstić information content (AvgIpc) is 3.03. The number of quaternary nitrogens is 1. The lowest BCUT2D eigenvalue weighted by Gasteiger charge is -2.25. The normalized spacial score (nSPS) is 15.1. The summed E-state index contributed by atoms with van der Waals surface area (Å²) in [4.78, 5) is 22.4. The molecule has 282 valence electrons. The van der Waals surface area contributed by atoms with Gasteiger partial charge >= 0.3 is 7.82 Å². The molecule has 1 amide bonds. The molecule has 0 aromatic carbocycles. The number of likely N-dealkylation sites (N-methyl/N-ethyl adjacent to an activating group) is 1. The zero-order valence-corrected chi connectivity index (χ0v) is 32.6. The zero-order chi connectivity index (χ0) is 35.8. The summed E-state index contributed by atoms with van der Waals surface area (Å²) in [6.45, 7) is 4.52. The average molecular weight is 700 g/mol. The second-order valence-electron chi connectivity index (χ2n) is 14.3. The minimum absolute atomic E-state index is 0.0522. The van der Waals surface area contributed by atoms with Crippen molar-refractivity contribution in [3.05, 3.63) is 36.5 Å². The van der Waals surface area contributed by atoms with Crippen molar-refractivity contribution in [3.8, 4) is 0 Å². The number of amides is 1. The molecule has 48 heavy (non-hydrogen) atoms. The predicted molar refractivity (Wildman–Crippen MR) is 203 cm³/mol. The van der Waals surface area contributed by atoms with Crippen molar-refractivity contribution in [3.63, 3.8) is 0 Å². The Morgan fingerprint density at radius 3 is 1.65 bits per heavy atom. The fourth-order valence-electron chi connectivity index (χ4n) is 5.17. The molecular formula is C39H76N2O6P+. The van der Waals surface area contributed by atoms with Crippen LogP contribution in [-0.4, -0.2) is 73.4 Å². The largest absolute Gasteiger partial charge is 0.472 e. The predicted octanol–water partition coefficient (Wildman–Crippen LogP) is 9.96. The third kappa shape index (κ3) is 33.2. The van der Waals surface area contributed by atoms with Gasteiger partial charge in [-0.15, -0.1) is 0 Å². The topological polar surface area (TPSA) is 105 Å². The van der Waals surface area contributed by atoms with Gasteiger partial charge in [-0.25, -0.2) is 4.57 Å². The number of phosphoric acid groups is 1. The highest BCUT2D eigenvalue weighted by Crippen LogP contribution is 2.43. The van der Waals surface area contributed by atoms with Crippen LogP contribution in [-0.2, 0) is 18.4 Å². The molecule has 0 aliphatic carbocycles. The van der Waals surface area contributed by atoms with E-state index in [-0.39, 0.29) is 19.1 Å². The van der Waals surface area contributed by atoms with Gasteiger partial charge in [0.25, 0.3) is 0 Å². The van der Waals surface area contributed by atoms with Crippen molar-refractivity contribution < 1.29 is 32.9 Å². The molecule has 9 heteroatoms. The van der Waals surface area contributed by atoms with E-state index in [9.17, 15) is 19.4 Å². The number of aliphatic hydroxyl groups is 1. The van der Waals surface area contributed by atoms with E-state index in [4.69, 9.17) is 9.05 Å². The number of allylic oxidation sites excluding steroid dienone is 5. The summed E-state index contributed by atoms with van der Waals surface area (Å²) in [6, 6.07) is -0.861. The lowest BCUT2D eigenvalue weighted by atomic mass is 10.0. The van der Waals surface area contributed by atoms with Crippen molar-refractivity contribution in [1.82, 2.24) is 5.32 Å². The maximum absolute atomic E-state index is 12.3. The van der Waals surface area contributed by atoms with E-state index >= 15 is 0 Å². The van der Waals surface area contributed by atoms with Crippen molar-refractivity contribution in [2.75, 3.05) is 40.9 Å². The molecule has 0 aliphatic heterocycles. The van der Waals surface area contributed by atoms with Crippen molar-refractivity contribution in [2.45, 2.75) is 167 Å². The summed E-state index contributed by atoms with van der Waals surface area (Å²) >= 11 is 0. The number of nitrogens with zero attached hydrogens (tertiary/aromatic N) is 1. The maximum Gasteiger partial charge on any atom is 0.472 e. The van der Waals surface area contributed by atoms with Crippen LogP contribution in [0.1, 0.15) is 155 Å². The van der Waals surface area contributed by atoms with Crippen LogP contribution in [0.2, 0.25) is 0 Å². The van der Waals surface area contributed by atoms with E-state index in [0.29, 0.717) is 17.4 Å². The molecule has 0 fully saturated rings. The number of phosphoric ester groups is 1. The van der Waals surface area contributed by atoms with Gasteiger partial charge in [-0.2, -0.15) is 0 Å². The second-order valence-corrected chi connectivity index (χ2v) is 15.7. The summed E-state index contributed by atoms with van der Waals surface area (Å²) in [5, 5.41) is 13.5. The Balaban J connectivity index is 4.11. The molecule has 3 atom stereocenters. The van der Waals surface area contributed by atoms with Gasteiger partial charge in [0.05, 0.1) is 39.9 Å². The standard InChI is InChI=1S/C39H75N2O6P/c1-6-8-10-11-12-13-14-15-16-17-18-19-20-21-22-23-24-25-26-27-28-29-30-31-32-38(42)37(40-39(43)33-9-7-2)36-47-48(44,45)46-35-34-41(3,4)5/h23-24,27-28,31-32,37-38,42H,6-22,25-26,29-30,33-36H2,1-5H3,(H-,40,43,44,45)/p+1/b24-23+,28-27+,32-31+. The molecule has 0 aromatic heterocycles. The second kappa shape index (κ2) is 31.7. The summed E-state index contributed by atoms with van der Waals surface area (Å²) < 4.78 is 23.1. The monoisotopic (exact) mass is 700 g/mol. The molecule has 0 rings (SSSR count). The summed E-state index contributed by atoms with van der Waals surface area (Å²) in [7, 11) is 1.54. The Morgan fingerprint density at radius 2 is 1.15 bits per heavy atom. The number of rotatable bonds is 34. The Bertz CT molecular complexity index is 886. The van der Waals surface area contributed by atoms with Gasteiger partial charge in [0.2, 0.25) is 5.91 Å². The molecule has 0 radical (unpaired) electrons. The van der Waals surface area contributed by atoms with Crippen LogP contribution in [0.3, 0.4) is 0 Å². The third-order valence-electron chi connectivity index (χ3n) is 8.34. The minimum atomic E-state index is -4.32. The number of aliphatic hydroxyl groups excluding tert-OH is 1. The van der Waals surface area contributed by atoms with Gasteiger partial charge in [0.1, 0.15) is 13.2 Å². The third-order valence-corrected chi connectivity index (χ3v) is 9.32. The van der Waals surface area contributed by atoms with E-state index in [2.05, 4.69) is 36.5 Å². The lowest BCUT2D eigenvalue weighted by Crippen LogP contribution is -2.45. The molecule has 0 aromatic rings. The van der Waals surface area contributed by atoms with Crippen LogP contribution in [0.4, 0.5) is 0 Å². The molecule has 3 unspecified atom stereocenters. The smallest absolute Gasteiger partial charge is 0.387 e. The molecule has 0 bridgehead atoms. The van der Waals surface area contributed by atoms with Gasteiger partial charge in [0, 0.05) is 6.42 Å². The highest BCUT2D eigenvalue weighted by molar-refractivity contribution is 7.47.